The molecule has 1 saturated heterocycles. The minimum Gasteiger partial charge on any atom is -0.466 e. The second-order valence-corrected chi connectivity index (χ2v) is 7.21. The highest BCUT2D eigenvalue weighted by molar-refractivity contribution is 5.97. The summed E-state index contributed by atoms with van der Waals surface area (Å²) in [6, 6.07) is 6.79. The van der Waals surface area contributed by atoms with Crippen LogP contribution < -0.4 is 20.3 Å². The van der Waals surface area contributed by atoms with Crippen molar-refractivity contribution in [1.29, 1.82) is 0 Å². The molecular weight excluding hydrogens is 401 g/mol. The van der Waals surface area contributed by atoms with E-state index in [0.717, 1.165) is 12.1 Å². The summed E-state index contributed by atoms with van der Waals surface area (Å²) in [6.07, 6.45) is -1.91. The molecule has 0 atom stereocenters. The van der Waals surface area contributed by atoms with Crippen LogP contribution in [0.1, 0.15) is 18.4 Å². The van der Waals surface area contributed by atoms with E-state index in [1.165, 1.54) is 12.3 Å². The molecule has 0 radical (unpaired) electrons. The summed E-state index contributed by atoms with van der Waals surface area (Å²) in [7, 11) is 0. The van der Waals surface area contributed by atoms with Crippen molar-refractivity contribution < 1.29 is 27.5 Å². The van der Waals surface area contributed by atoms with Gasteiger partial charge in [0.2, 0.25) is 11.8 Å². The number of nitrogens with one attached hydrogen (secondary N) is 2. The molecule has 0 aliphatic carbocycles. The fourth-order valence-electron chi connectivity index (χ4n) is 3.57. The first kappa shape index (κ1) is 20.0. The average Bonchev–Trinajstić information content (AvgIpc) is 2.73. The number of halogens is 3. The molecule has 10 heteroatoms. The van der Waals surface area contributed by atoms with Gasteiger partial charge in [-0.2, -0.15) is 13.2 Å². The Kier molecular flexibility index (Phi) is 5.23. The van der Waals surface area contributed by atoms with Crippen LogP contribution >= 0.6 is 0 Å². The van der Waals surface area contributed by atoms with Gasteiger partial charge in [0.15, 0.2) is 6.61 Å². The Bertz CT molecular complexity index is 972. The van der Waals surface area contributed by atoms with Crippen LogP contribution in [0, 0.1) is 5.92 Å². The van der Waals surface area contributed by atoms with E-state index in [0.29, 0.717) is 48.9 Å². The smallest absolute Gasteiger partial charge is 0.416 e. The van der Waals surface area contributed by atoms with E-state index in [4.69, 9.17) is 4.74 Å². The summed E-state index contributed by atoms with van der Waals surface area (Å²) in [5.74, 6) is -0.464. The molecule has 2 aromatic rings. The molecule has 1 aromatic heterocycles. The van der Waals surface area contributed by atoms with Crippen molar-refractivity contribution in [3.63, 3.8) is 0 Å². The zero-order valence-corrected chi connectivity index (χ0v) is 15.8. The topological polar surface area (TPSA) is 83.6 Å². The lowest BCUT2D eigenvalue weighted by Crippen LogP contribution is -2.38. The van der Waals surface area contributed by atoms with Crippen molar-refractivity contribution in [3.8, 4) is 5.88 Å². The van der Waals surface area contributed by atoms with Crippen LogP contribution in [-0.2, 0) is 15.8 Å². The zero-order chi connectivity index (χ0) is 21.3. The fraction of sp³-hybridized carbons (Fsp3) is 0.350. The number of anilines is 3. The van der Waals surface area contributed by atoms with Crippen LogP contribution in [-0.4, -0.2) is 36.5 Å². The van der Waals surface area contributed by atoms with Crippen molar-refractivity contribution in [2.24, 2.45) is 5.92 Å². The SMILES string of the molecule is O=C1COc2ncc(NC(=O)C3CCN(c4cccc(C(F)(F)F)c4)CC3)cc2N1. The minimum atomic E-state index is -4.39. The number of ether oxygens (including phenoxy) is 1. The van der Waals surface area contributed by atoms with Gasteiger partial charge in [0.05, 0.1) is 17.4 Å². The highest BCUT2D eigenvalue weighted by Crippen LogP contribution is 2.33. The minimum absolute atomic E-state index is 0.101. The third kappa shape index (κ3) is 4.32. The van der Waals surface area contributed by atoms with Gasteiger partial charge in [0.25, 0.3) is 5.91 Å². The summed E-state index contributed by atoms with van der Waals surface area (Å²) in [5, 5.41) is 5.41. The van der Waals surface area contributed by atoms with E-state index in [9.17, 15) is 22.8 Å². The van der Waals surface area contributed by atoms with E-state index in [2.05, 4.69) is 15.6 Å². The van der Waals surface area contributed by atoms with Gasteiger partial charge >= 0.3 is 6.18 Å². The molecule has 0 unspecified atom stereocenters. The Balaban J connectivity index is 1.36. The predicted molar refractivity (Wildman–Crippen MR) is 103 cm³/mol. The Morgan fingerprint density at radius 3 is 2.73 bits per heavy atom. The summed E-state index contributed by atoms with van der Waals surface area (Å²) >= 11 is 0. The number of fused-ring (bicyclic) bond motifs is 1. The third-order valence-corrected chi connectivity index (χ3v) is 5.14. The summed E-state index contributed by atoms with van der Waals surface area (Å²) in [4.78, 5) is 29.9. The molecular formula is C20H19F3N4O3. The molecule has 0 bridgehead atoms. The van der Waals surface area contributed by atoms with Crippen molar-refractivity contribution in [2.45, 2.75) is 19.0 Å². The van der Waals surface area contributed by atoms with Crippen LogP contribution in [0.25, 0.3) is 0 Å². The summed E-state index contributed by atoms with van der Waals surface area (Å²) in [6.45, 7) is 0.855. The maximum absolute atomic E-state index is 12.9. The molecule has 30 heavy (non-hydrogen) atoms. The zero-order valence-electron chi connectivity index (χ0n) is 15.8. The number of carbonyl (C=O) groups is 2. The monoisotopic (exact) mass is 420 g/mol. The number of nitrogens with zero attached hydrogens (tertiary/aromatic N) is 2. The third-order valence-electron chi connectivity index (χ3n) is 5.14. The van der Waals surface area contributed by atoms with Crippen molar-refractivity contribution in [1.82, 2.24) is 4.98 Å². The molecule has 3 heterocycles. The molecule has 1 aromatic carbocycles. The molecule has 2 N–H and O–H groups in total. The lowest BCUT2D eigenvalue weighted by Gasteiger charge is -2.33. The number of benzene rings is 1. The lowest BCUT2D eigenvalue weighted by molar-refractivity contribution is -0.137. The highest BCUT2D eigenvalue weighted by Gasteiger charge is 2.32. The molecule has 2 aliphatic heterocycles. The quantitative estimate of drug-likeness (QED) is 0.796. The lowest BCUT2D eigenvalue weighted by atomic mass is 9.95. The number of rotatable bonds is 3. The molecule has 2 amide bonds. The first-order valence-electron chi connectivity index (χ1n) is 9.45. The van der Waals surface area contributed by atoms with Crippen LogP contribution in [0.5, 0.6) is 5.88 Å². The highest BCUT2D eigenvalue weighted by atomic mass is 19.4. The van der Waals surface area contributed by atoms with E-state index in [-0.39, 0.29) is 24.3 Å². The molecule has 2 aliphatic rings. The Labute approximate surface area is 170 Å². The Morgan fingerprint density at radius 2 is 2.00 bits per heavy atom. The average molecular weight is 420 g/mol. The number of piperidine rings is 1. The van der Waals surface area contributed by atoms with Gasteiger partial charge in [-0.3, -0.25) is 9.59 Å². The Morgan fingerprint density at radius 1 is 1.23 bits per heavy atom. The number of carbonyl (C=O) groups excluding carboxylic acids is 2. The van der Waals surface area contributed by atoms with E-state index in [1.54, 1.807) is 12.1 Å². The number of alkyl halides is 3. The molecule has 158 valence electrons. The molecule has 7 nitrogen and oxygen atoms in total. The first-order chi connectivity index (χ1) is 14.3. The van der Waals surface area contributed by atoms with Gasteiger partial charge in [-0.15, -0.1) is 0 Å². The maximum Gasteiger partial charge on any atom is 0.416 e. The summed E-state index contributed by atoms with van der Waals surface area (Å²) in [5.41, 5.74) is 0.641. The molecule has 1 fully saturated rings. The van der Waals surface area contributed by atoms with Crippen LogP contribution in [0.3, 0.4) is 0 Å². The second kappa shape index (κ2) is 7.85. The van der Waals surface area contributed by atoms with Gasteiger partial charge in [-0.05, 0) is 37.1 Å². The van der Waals surface area contributed by atoms with Crippen LogP contribution in [0.15, 0.2) is 36.5 Å². The van der Waals surface area contributed by atoms with Gasteiger partial charge in [-0.1, -0.05) is 6.07 Å². The number of pyridine rings is 1. The van der Waals surface area contributed by atoms with Crippen LogP contribution in [0.2, 0.25) is 0 Å². The van der Waals surface area contributed by atoms with E-state index in [1.807, 2.05) is 4.90 Å². The van der Waals surface area contributed by atoms with Crippen molar-refractivity contribution in [3.05, 3.63) is 42.1 Å². The number of hydrogen-bond donors (Lipinski definition) is 2. The Hall–Kier alpha value is -3.30. The maximum atomic E-state index is 12.9. The molecule has 0 spiro atoms. The van der Waals surface area contributed by atoms with Gasteiger partial charge in [0, 0.05) is 24.7 Å². The van der Waals surface area contributed by atoms with Gasteiger partial charge < -0.3 is 20.3 Å². The van der Waals surface area contributed by atoms with E-state index < -0.39 is 11.7 Å². The second-order valence-electron chi connectivity index (χ2n) is 7.21. The largest absolute Gasteiger partial charge is 0.466 e. The van der Waals surface area contributed by atoms with Gasteiger partial charge in [0.1, 0.15) is 5.69 Å². The number of amides is 2. The fourth-order valence-corrected chi connectivity index (χ4v) is 3.57. The number of aromatic nitrogens is 1. The van der Waals surface area contributed by atoms with Crippen molar-refractivity contribution >= 4 is 28.9 Å². The first-order valence-corrected chi connectivity index (χ1v) is 9.45. The van der Waals surface area contributed by atoms with Gasteiger partial charge in [-0.25, -0.2) is 4.98 Å². The summed E-state index contributed by atoms with van der Waals surface area (Å²) < 4.78 is 44.0. The number of hydrogen-bond acceptors (Lipinski definition) is 5. The molecule has 4 rings (SSSR count). The standard InChI is InChI=1S/C20H19F3N4O3/c21-20(22,23)13-2-1-3-15(8-13)27-6-4-12(5-7-27)18(29)25-14-9-16-19(24-10-14)30-11-17(28)26-16/h1-3,8-10,12H,4-7,11H2,(H,25,29)(H,26,28). The van der Waals surface area contributed by atoms with E-state index >= 15 is 0 Å². The normalized spacial score (nSPS) is 17.0. The van der Waals surface area contributed by atoms with Crippen LogP contribution in [0.4, 0.5) is 30.2 Å². The van der Waals surface area contributed by atoms with Crippen molar-refractivity contribution in [2.75, 3.05) is 35.2 Å². The molecule has 0 saturated carbocycles. The predicted octanol–water partition coefficient (Wildman–Crippen LogP) is 3.29.